The fourth-order valence-corrected chi connectivity index (χ4v) is 3.24. The van der Waals surface area contributed by atoms with E-state index in [2.05, 4.69) is 10.1 Å². The smallest absolute Gasteiger partial charge is 0.242 e. The molecule has 0 radical (unpaired) electrons. The number of rotatable bonds is 3. The monoisotopic (exact) mass is 373 g/mol. The van der Waals surface area contributed by atoms with Crippen molar-refractivity contribution in [2.45, 2.75) is 6.92 Å². The van der Waals surface area contributed by atoms with Crippen molar-refractivity contribution in [1.29, 1.82) is 0 Å². The van der Waals surface area contributed by atoms with E-state index in [1.54, 1.807) is 16.6 Å². The van der Waals surface area contributed by atoms with Gasteiger partial charge in [0.05, 0.1) is 32.9 Å². The Kier molecular flexibility index (Phi) is 3.90. The van der Waals surface area contributed by atoms with Crippen LogP contribution < -0.4 is 9.96 Å². The summed E-state index contributed by atoms with van der Waals surface area (Å²) in [7, 11) is 0. The van der Waals surface area contributed by atoms with Gasteiger partial charge in [0.1, 0.15) is 0 Å². The summed E-state index contributed by atoms with van der Waals surface area (Å²) < 4.78 is 7.43. The summed E-state index contributed by atoms with van der Waals surface area (Å²) in [6, 6.07) is 11.0. The Morgan fingerprint density at radius 3 is 2.64 bits per heavy atom. The predicted molar refractivity (Wildman–Crippen MR) is 98.6 cm³/mol. The van der Waals surface area contributed by atoms with Gasteiger partial charge in [-0.3, -0.25) is 0 Å². The third kappa shape index (κ3) is 2.65. The maximum absolute atomic E-state index is 9.73. The largest absolute Gasteiger partial charge is 0.505 e. The van der Waals surface area contributed by atoms with Crippen LogP contribution in [0.3, 0.4) is 0 Å². The second-order valence-electron chi connectivity index (χ2n) is 5.47. The number of fused-ring (bicyclic) bond motifs is 3. The molecule has 0 aliphatic carbocycles. The molecule has 4 aromatic rings. The highest BCUT2D eigenvalue weighted by Crippen LogP contribution is 2.33. The van der Waals surface area contributed by atoms with Gasteiger partial charge in [-0.25, -0.2) is 9.50 Å². The number of phenols is 1. The molecule has 0 unspecified atom stereocenters. The van der Waals surface area contributed by atoms with Gasteiger partial charge in [0, 0.05) is 0 Å². The number of benzene rings is 2. The second kappa shape index (κ2) is 6.10. The first-order valence-corrected chi connectivity index (χ1v) is 8.43. The summed E-state index contributed by atoms with van der Waals surface area (Å²) in [6.45, 7) is 2.38. The molecule has 2 heterocycles. The molecule has 2 aromatic carbocycles. The molecule has 0 atom stereocenters. The Morgan fingerprint density at radius 2 is 1.92 bits per heavy atom. The highest BCUT2D eigenvalue weighted by molar-refractivity contribution is 6.37. The van der Waals surface area contributed by atoms with Gasteiger partial charge in [-0.15, -0.1) is 5.10 Å². The molecular formula is C18H13Cl2N3O2. The lowest BCUT2D eigenvalue weighted by atomic mass is 10.2. The van der Waals surface area contributed by atoms with Crippen LogP contribution in [0.15, 0.2) is 36.4 Å². The molecule has 7 heteroatoms. The number of ether oxygens (including phenoxy) is 1. The van der Waals surface area contributed by atoms with Gasteiger partial charge in [-0.2, -0.15) is 0 Å². The molecule has 4 rings (SSSR count). The summed E-state index contributed by atoms with van der Waals surface area (Å²) in [6.07, 6.45) is 1.84. The predicted octanol–water partition coefficient (Wildman–Crippen LogP) is 3.84. The van der Waals surface area contributed by atoms with Crippen LogP contribution in [0, 0.1) is 0 Å². The van der Waals surface area contributed by atoms with Gasteiger partial charge >= 0.3 is 0 Å². The Hall–Kier alpha value is -2.50. The van der Waals surface area contributed by atoms with Crippen molar-refractivity contribution >= 4 is 46.0 Å². The standard InChI is InChI=1S/C18H13Cl2N3O2/c1-2-25-18-11(7-10-8-12(19)16(24)13(20)9-10)17-21-14-5-3-4-6-15(14)23(17)22-18/h3-9,24H,2H2,1H3. The minimum atomic E-state index is -0.136. The normalized spacial score (nSPS) is 12.4. The van der Waals surface area contributed by atoms with Crippen molar-refractivity contribution in [3.63, 3.8) is 0 Å². The van der Waals surface area contributed by atoms with E-state index in [0.717, 1.165) is 21.8 Å². The van der Waals surface area contributed by atoms with Crippen molar-refractivity contribution < 1.29 is 9.84 Å². The molecule has 0 saturated carbocycles. The minimum Gasteiger partial charge on any atom is -0.505 e. The first kappa shape index (κ1) is 16.0. The van der Waals surface area contributed by atoms with E-state index in [0.29, 0.717) is 18.1 Å². The molecular weight excluding hydrogens is 361 g/mol. The highest BCUT2D eigenvalue weighted by atomic mass is 35.5. The van der Waals surface area contributed by atoms with Crippen molar-refractivity contribution in [1.82, 2.24) is 14.6 Å². The summed E-state index contributed by atoms with van der Waals surface area (Å²) >= 11 is 12.0. The van der Waals surface area contributed by atoms with Crippen LogP contribution >= 0.6 is 23.2 Å². The Bertz CT molecular complexity index is 1130. The quantitative estimate of drug-likeness (QED) is 0.592. The third-order valence-electron chi connectivity index (χ3n) is 3.83. The van der Waals surface area contributed by atoms with Crippen molar-refractivity contribution in [2.24, 2.45) is 0 Å². The number of imidazole rings is 1. The van der Waals surface area contributed by atoms with Gasteiger partial charge in [-0.05, 0) is 42.8 Å². The lowest BCUT2D eigenvalue weighted by Crippen LogP contribution is -2.06. The fraction of sp³-hybridized carbons (Fsp3) is 0.111. The Balaban J connectivity index is 2.03. The summed E-state index contributed by atoms with van der Waals surface area (Å²) in [5, 5.41) is 15.4. The number of aromatic hydroxyl groups is 1. The van der Waals surface area contributed by atoms with Gasteiger partial charge in [0.15, 0.2) is 11.4 Å². The topological polar surface area (TPSA) is 59.7 Å². The molecule has 0 fully saturated rings. The molecule has 0 aliphatic heterocycles. The van der Waals surface area contributed by atoms with E-state index in [1.807, 2.05) is 37.3 Å². The lowest BCUT2D eigenvalue weighted by Gasteiger charge is -2.02. The van der Waals surface area contributed by atoms with E-state index >= 15 is 0 Å². The van der Waals surface area contributed by atoms with Crippen molar-refractivity contribution in [3.8, 4) is 11.6 Å². The zero-order valence-electron chi connectivity index (χ0n) is 13.2. The van der Waals surface area contributed by atoms with E-state index in [4.69, 9.17) is 27.9 Å². The van der Waals surface area contributed by atoms with Crippen LogP contribution in [-0.4, -0.2) is 26.3 Å². The average molecular weight is 374 g/mol. The van der Waals surface area contributed by atoms with E-state index < -0.39 is 0 Å². The first-order valence-electron chi connectivity index (χ1n) is 7.68. The number of halogens is 2. The molecule has 25 heavy (non-hydrogen) atoms. The molecule has 0 amide bonds. The zero-order valence-corrected chi connectivity index (χ0v) is 14.7. The van der Waals surface area contributed by atoms with Gasteiger partial charge in [0.2, 0.25) is 5.88 Å². The minimum absolute atomic E-state index is 0.136. The number of hydrogen-bond donors (Lipinski definition) is 1. The first-order chi connectivity index (χ1) is 12.1. The molecule has 1 N–H and O–H groups in total. The summed E-state index contributed by atoms with van der Waals surface area (Å²) in [5.74, 6) is 0.346. The molecule has 0 spiro atoms. The molecule has 5 nitrogen and oxygen atoms in total. The number of aromatic nitrogens is 3. The van der Waals surface area contributed by atoms with Crippen LogP contribution in [0.4, 0.5) is 0 Å². The number of nitrogens with zero attached hydrogens (tertiary/aromatic N) is 3. The van der Waals surface area contributed by atoms with Crippen LogP contribution in [0.2, 0.25) is 10.0 Å². The van der Waals surface area contributed by atoms with Crippen molar-refractivity contribution in [2.75, 3.05) is 6.61 Å². The van der Waals surface area contributed by atoms with Gasteiger partial charge < -0.3 is 9.84 Å². The van der Waals surface area contributed by atoms with Gasteiger partial charge in [0.25, 0.3) is 0 Å². The van der Waals surface area contributed by atoms with Crippen molar-refractivity contribution in [3.05, 3.63) is 57.2 Å². The number of hydrogen-bond acceptors (Lipinski definition) is 4. The summed E-state index contributed by atoms with van der Waals surface area (Å²) in [5.41, 5.74) is 3.16. The second-order valence-corrected chi connectivity index (χ2v) is 6.28. The molecule has 126 valence electrons. The molecule has 0 bridgehead atoms. The fourth-order valence-electron chi connectivity index (χ4n) is 2.73. The Labute approximate surface area is 153 Å². The van der Waals surface area contributed by atoms with E-state index in [1.165, 1.54) is 0 Å². The number of para-hydroxylation sites is 2. The molecule has 2 aromatic heterocycles. The molecule has 0 saturated heterocycles. The average Bonchev–Trinajstić information content (AvgIpc) is 3.10. The van der Waals surface area contributed by atoms with Gasteiger partial charge in [-0.1, -0.05) is 35.3 Å². The summed E-state index contributed by atoms with van der Waals surface area (Å²) in [4.78, 5) is 4.65. The highest BCUT2D eigenvalue weighted by Gasteiger charge is 2.14. The third-order valence-corrected chi connectivity index (χ3v) is 4.41. The SMILES string of the molecule is CCOc1nn2c(nc3ccccc32)c1=Cc1cc(Cl)c(O)c(Cl)c1. The lowest BCUT2D eigenvalue weighted by molar-refractivity contribution is 0.323. The number of phenolic OH excluding ortho intramolecular Hbond substituents is 1. The van der Waals surface area contributed by atoms with Crippen LogP contribution in [0.25, 0.3) is 22.8 Å². The van der Waals surface area contributed by atoms with Crippen LogP contribution in [-0.2, 0) is 0 Å². The molecule has 0 aliphatic rings. The van der Waals surface area contributed by atoms with Crippen LogP contribution in [0.5, 0.6) is 11.6 Å². The zero-order chi connectivity index (χ0) is 17.6. The maximum atomic E-state index is 9.73. The van der Waals surface area contributed by atoms with E-state index in [-0.39, 0.29) is 15.8 Å². The Morgan fingerprint density at radius 1 is 1.20 bits per heavy atom. The maximum Gasteiger partial charge on any atom is 0.242 e. The van der Waals surface area contributed by atoms with Crippen LogP contribution in [0.1, 0.15) is 12.5 Å². The van der Waals surface area contributed by atoms with E-state index in [9.17, 15) is 5.11 Å².